The number of carbonyl (C=O) groups is 1. The molecule has 0 saturated carbocycles. The van der Waals surface area contributed by atoms with Gasteiger partial charge in [0.05, 0.1) is 18.8 Å². The van der Waals surface area contributed by atoms with Crippen LogP contribution in [0.15, 0.2) is 0 Å². The maximum atomic E-state index is 10.3. The van der Waals surface area contributed by atoms with Gasteiger partial charge < -0.3 is 14.9 Å². The second kappa shape index (κ2) is 3.84. The molecule has 0 spiro atoms. The van der Waals surface area contributed by atoms with Crippen LogP contribution in [-0.4, -0.2) is 60.0 Å². The van der Waals surface area contributed by atoms with Crippen LogP contribution in [0.2, 0.25) is 0 Å². The number of ether oxygens (including phenoxy) is 1. The van der Waals surface area contributed by atoms with Crippen molar-refractivity contribution in [3.63, 3.8) is 0 Å². The van der Waals surface area contributed by atoms with Crippen molar-refractivity contribution in [2.75, 3.05) is 26.7 Å². The van der Waals surface area contributed by atoms with E-state index in [0.717, 1.165) is 0 Å². The molecule has 12 heavy (non-hydrogen) atoms. The van der Waals surface area contributed by atoms with Gasteiger partial charge in [0.1, 0.15) is 0 Å². The van der Waals surface area contributed by atoms with E-state index in [1.54, 1.807) is 4.90 Å². The molecule has 0 aromatic rings. The van der Waals surface area contributed by atoms with Crippen molar-refractivity contribution < 1.29 is 19.7 Å². The van der Waals surface area contributed by atoms with Crippen molar-refractivity contribution in [2.24, 2.45) is 0 Å². The number of methoxy groups -OCH3 is 1. The fraction of sp³-hybridized carbons (Fsp3) is 0.857. The molecular formula is C7H13NO4. The van der Waals surface area contributed by atoms with Crippen molar-refractivity contribution in [3.05, 3.63) is 0 Å². The van der Waals surface area contributed by atoms with Crippen LogP contribution >= 0.6 is 0 Å². The van der Waals surface area contributed by atoms with Crippen molar-refractivity contribution in [3.8, 4) is 0 Å². The molecule has 0 amide bonds. The summed E-state index contributed by atoms with van der Waals surface area (Å²) in [5.74, 6) is -0.876. The lowest BCUT2D eigenvalue weighted by molar-refractivity contribution is -0.138. The summed E-state index contributed by atoms with van der Waals surface area (Å²) in [6, 6.07) is 0. The van der Waals surface area contributed by atoms with E-state index in [1.807, 2.05) is 0 Å². The van der Waals surface area contributed by atoms with E-state index >= 15 is 0 Å². The molecule has 1 fully saturated rings. The second-order valence-corrected chi connectivity index (χ2v) is 2.93. The number of rotatable bonds is 3. The molecule has 70 valence electrons. The number of likely N-dealkylation sites (tertiary alicyclic amines) is 1. The summed E-state index contributed by atoms with van der Waals surface area (Å²) in [6.45, 7) is 0.839. The number of aliphatic hydroxyl groups is 1. The zero-order chi connectivity index (χ0) is 9.14. The molecule has 1 saturated heterocycles. The predicted molar refractivity (Wildman–Crippen MR) is 40.9 cm³/mol. The zero-order valence-corrected chi connectivity index (χ0v) is 6.93. The van der Waals surface area contributed by atoms with Gasteiger partial charge in [-0.15, -0.1) is 0 Å². The highest BCUT2D eigenvalue weighted by Crippen LogP contribution is 2.11. The third kappa shape index (κ3) is 2.17. The summed E-state index contributed by atoms with van der Waals surface area (Å²) in [6.07, 6.45) is -0.807. The lowest BCUT2D eigenvalue weighted by Crippen LogP contribution is -2.28. The average molecular weight is 175 g/mol. The molecule has 0 aliphatic carbocycles. The highest BCUT2D eigenvalue weighted by Gasteiger charge is 2.31. The highest BCUT2D eigenvalue weighted by molar-refractivity contribution is 5.69. The van der Waals surface area contributed by atoms with Gasteiger partial charge in [0, 0.05) is 20.2 Å². The largest absolute Gasteiger partial charge is 0.480 e. The Kier molecular flexibility index (Phi) is 3.02. The van der Waals surface area contributed by atoms with Crippen molar-refractivity contribution in [2.45, 2.75) is 12.2 Å². The van der Waals surface area contributed by atoms with Gasteiger partial charge in [-0.05, 0) is 0 Å². The molecule has 0 aromatic carbocycles. The van der Waals surface area contributed by atoms with Gasteiger partial charge in [-0.1, -0.05) is 0 Å². The topological polar surface area (TPSA) is 70.0 Å². The van der Waals surface area contributed by atoms with Gasteiger partial charge in [0.15, 0.2) is 0 Å². The first-order chi connectivity index (χ1) is 5.63. The van der Waals surface area contributed by atoms with Crippen LogP contribution in [-0.2, 0) is 9.53 Å². The molecule has 1 rings (SSSR count). The molecular weight excluding hydrogens is 162 g/mol. The van der Waals surface area contributed by atoms with Crippen molar-refractivity contribution >= 4 is 5.97 Å². The number of hydrogen-bond donors (Lipinski definition) is 2. The first kappa shape index (κ1) is 9.44. The molecule has 1 aliphatic rings. The maximum absolute atomic E-state index is 10.3. The van der Waals surface area contributed by atoms with Gasteiger partial charge in [0.2, 0.25) is 0 Å². The molecule has 2 unspecified atom stereocenters. The summed E-state index contributed by atoms with van der Waals surface area (Å²) >= 11 is 0. The highest BCUT2D eigenvalue weighted by atomic mass is 16.5. The fourth-order valence-electron chi connectivity index (χ4n) is 1.38. The van der Waals surface area contributed by atoms with Gasteiger partial charge in [-0.2, -0.15) is 0 Å². The maximum Gasteiger partial charge on any atom is 0.317 e. The minimum Gasteiger partial charge on any atom is -0.480 e. The summed E-state index contributed by atoms with van der Waals surface area (Å²) in [5.41, 5.74) is 0. The molecule has 5 heteroatoms. The minimum absolute atomic E-state index is 0.0308. The van der Waals surface area contributed by atoms with Crippen LogP contribution in [0.5, 0.6) is 0 Å². The van der Waals surface area contributed by atoms with E-state index in [9.17, 15) is 9.90 Å². The van der Waals surface area contributed by atoms with Gasteiger partial charge >= 0.3 is 5.97 Å². The number of carboxylic acids is 1. The molecule has 0 aromatic heterocycles. The lowest BCUT2D eigenvalue weighted by atomic mass is 10.3. The number of β-amino-alcohol motifs (C(OH)–C–C–N with tert-alkyl or cyclic N) is 1. The van der Waals surface area contributed by atoms with E-state index in [0.29, 0.717) is 13.1 Å². The molecule has 1 aliphatic heterocycles. The van der Waals surface area contributed by atoms with Gasteiger partial charge in [-0.3, -0.25) is 9.69 Å². The quantitative estimate of drug-likeness (QED) is 0.561. The third-order valence-electron chi connectivity index (χ3n) is 1.97. The third-order valence-corrected chi connectivity index (χ3v) is 1.97. The molecule has 5 nitrogen and oxygen atoms in total. The Morgan fingerprint density at radius 2 is 2.33 bits per heavy atom. The van der Waals surface area contributed by atoms with Gasteiger partial charge in [-0.25, -0.2) is 0 Å². The smallest absolute Gasteiger partial charge is 0.317 e. The Balaban J connectivity index is 2.37. The Morgan fingerprint density at radius 1 is 1.67 bits per heavy atom. The number of carboxylic acid groups (broad SMARTS) is 1. The molecule has 2 atom stereocenters. The van der Waals surface area contributed by atoms with Crippen molar-refractivity contribution in [1.82, 2.24) is 4.90 Å². The molecule has 2 N–H and O–H groups in total. The first-order valence-electron chi connectivity index (χ1n) is 3.78. The van der Waals surface area contributed by atoms with Crippen LogP contribution in [0.3, 0.4) is 0 Å². The van der Waals surface area contributed by atoms with Crippen LogP contribution in [0.25, 0.3) is 0 Å². The average Bonchev–Trinajstić information content (AvgIpc) is 2.29. The van der Waals surface area contributed by atoms with Crippen LogP contribution in [0.4, 0.5) is 0 Å². The summed E-state index contributed by atoms with van der Waals surface area (Å²) in [5, 5.41) is 17.8. The predicted octanol–water partition coefficient (Wildman–Crippen LogP) is -1.24. The zero-order valence-electron chi connectivity index (χ0n) is 6.93. The Labute approximate surface area is 70.5 Å². The van der Waals surface area contributed by atoms with Crippen LogP contribution in [0, 0.1) is 0 Å². The number of hydrogen-bond acceptors (Lipinski definition) is 4. The lowest BCUT2D eigenvalue weighted by Gasteiger charge is -2.11. The van der Waals surface area contributed by atoms with E-state index in [1.165, 1.54) is 7.11 Å². The Morgan fingerprint density at radius 3 is 2.75 bits per heavy atom. The SMILES string of the molecule is COC1CN(CC(=O)O)CC1O. The molecule has 1 heterocycles. The fourth-order valence-corrected chi connectivity index (χ4v) is 1.38. The number of aliphatic carboxylic acids is 1. The summed E-state index contributed by atoms with van der Waals surface area (Å²) in [4.78, 5) is 11.9. The second-order valence-electron chi connectivity index (χ2n) is 2.93. The normalized spacial score (nSPS) is 30.8. The van der Waals surface area contributed by atoms with E-state index in [-0.39, 0.29) is 12.6 Å². The Hall–Kier alpha value is -0.650. The molecule has 0 radical (unpaired) electrons. The standard InChI is InChI=1S/C7H13NO4/c1-12-6-3-8(2-5(6)9)4-7(10)11/h5-6,9H,2-4H2,1H3,(H,10,11). The van der Waals surface area contributed by atoms with Gasteiger partial charge in [0.25, 0.3) is 0 Å². The van der Waals surface area contributed by atoms with Crippen LogP contribution < -0.4 is 0 Å². The van der Waals surface area contributed by atoms with E-state index in [4.69, 9.17) is 9.84 Å². The van der Waals surface area contributed by atoms with Crippen LogP contribution in [0.1, 0.15) is 0 Å². The van der Waals surface area contributed by atoms with Crippen molar-refractivity contribution in [1.29, 1.82) is 0 Å². The number of nitrogens with zero attached hydrogens (tertiary/aromatic N) is 1. The summed E-state index contributed by atoms with van der Waals surface area (Å²) < 4.78 is 4.95. The Bertz CT molecular complexity index is 173. The van der Waals surface area contributed by atoms with E-state index in [2.05, 4.69) is 0 Å². The molecule has 0 bridgehead atoms. The first-order valence-corrected chi connectivity index (χ1v) is 3.78. The number of aliphatic hydroxyl groups excluding tert-OH is 1. The minimum atomic E-state index is -0.876. The summed E-state index contributed by atoms with van der Waals surface area (Å²) in [7, 11) is 1.51. The van der Waals surface area contributed by atoms with E-state index < -0.39 is 12.1 Å². The monoisotopic (exact) mass is 175 g/mol.